The fourth-order valence-electron chi connectivity index (χ4n) is 1.99. The summed E-state index contributed by atoms with van der Waals surface area (Å²) in [4.78, 5) is 0. The number of rotatable bonds is 4. The predicted molar refractivity (Wildman–Crippen MR) is 93.7 cm³/mol. The lowest BCUT2D eigenvalue weighted by Gasteiger charge is -2.34. The van der Waals surface area contributed by atoms with Gasteiger partial charge in [0.25, 0.3) is 0 Å². The Morgan fingerprint density at radius 1 is 0.778 bits per heavy atom. The molecule has 94 valence electrons. The molecule has 0 amide bonds. The number of hydrogen-bond acceptors (Lipinski definition) is 0. The molecular weight excluding hydrogens is 211 g/mol. The molecule has 18 heavy (non-hydrogen) atoms. The summed E-state index contributed by atoms with van der Waals surface area (Å²) in [6.07, 6.45) is 0. The standard InChI is InChI=1S/C14H26B4/c1-9(2)13(15,16)11-6-5-7-12(8-11)14(17,18)10(3)4/h5-10H,15-18H2,1-4H3. The molecule has 0 aliphatic carbocycles. The molecule has 0 N–H and O–H groups in total. The van der Waals surface area contributed by atoms with Crippen LogP contribution in [0.15, 0.2) is 24.3 Å². The van der Waals surface area contributed by atoms with Crippen LogP contribution in [0.1, 0.15) is 38.8 Å². The van der Waals surface area contributed by atoms with Gasteiger partial charge in [-0.2, -0.15) is 0 Å². The first kappa shape index (κ1) is 15.5. The predicted octanol–water partition coefficient (Wildman–Crippen LogP) is -0.163. The molecule has 0 atom stereocenters. The molecule has 0 radical (unpaired) electrons. The smallest absolute Gasteiger partial charge is 0.0633 e. The van der Waals surface area contributed by atoms with Crippen molar-refractivity contribution in [3.8, 4) is 0 Å². The summed E-state index contributed by atoms with van der Waals surface area (Å²) in [6, 6.07) is 9.19. The average molecular weight is 238 g/mol. The van der Waals surface area contributed by atoms with Gasteiger partial charge >= 0.3 is 0 Å². The summed E-state index contributed by atoms with van der Waals surface area (Å²) in [7, 11) is 9.39. The first-order valence-corrected chi connectivity index (χ1v) is 7.21. The fraction of sp³-hybridized carbons (Fsp3) is 0.571. The minimum absolute atomic E-state index is 0.239. The van der Waals surface area contributed by atoms with E-state index in [4.69, 9.17) is 0 Å². The van der Waals surface area contributed by atoms with Gasteiger partial charge in [0, 0.05) is 0 Å². The molecule has 0 heterocycles. The topological polar surface area (TPSA) is 0 Å². The molecule has 0 aliphatic rings. The summed E-state index contributed by atoms with van der Waals surface area (Å²) >= 11 is 0. The van der Waals surface area contributed by atoms with Crippen LogP contribution in [-0.2, 0) is 10.4 Å². The largest absolute Gasteiger partial charge is 0.105 e. The fourth-order valence-corrected chi connectivity index (χ4v) is 1.99. The molecule has 4 heteroatoms. The molecule has 0 saturated carbocycles. The monoisotopic (exact) mass is 238 g/mol. The molecule has 0 bridgehead atoms. The molecule has 0 nitrogen and oxygen atoms in total. The van der Waals surface area contributed by atoms with Crippen LogP contribution in [0.3, 0.4) is 0 Å². The molecule has 0 fully saturated rings. The van der Waals surface area contributed by atoms with E-state index in [0.717, 1.165) is 0 Å². The molecule has 0 spiro atoms. The van der Waals surface area contributed by atoms with E-state index in [-0.39, 0.29) is 10.4 Å². The maximum absolute atomic E-state index is 2.42. The van der Waals surface area contributed by atoms with E-state index in [1.165, 1.54) is 11.1 Å². The number of hydrogen-bond donors (Lipinski definition) is 0. The Morgan fingerprint density at radius 2 is 1.11 bits per heavy atom. The van der Waals surface area contributed by atoms with Crippen LogP contribution < -0.4 is 0 Å². The Balaban J connectivity index is 3.23. The van der Waals surface area contributed by atoms with Crippen LogP contribution in [0, 0.1) is 11.8 Å². The Morgan fingerprint density at radius 3 is 1.39 bits per heavy atom. The van der Waals surface area contributed by atoms with Crippen molar-refractivity contribution in [1.29, 1.82) is 0 Å². The highest BCUT2D eigenvalue weighted by molar-refractivity contribution is 6.41. The second-order valence-corrected chi connectivity index (χ2v) is 7.33. The number of benzene rings is 1. The van der Waals surface area contributed by atoms with E-state index < -0.39 is 0 Å². The van der Waals surface area contributed by atoms with E-state index in [1.807, 2.05) is 0 Å². The summed E-state index contributed by atoms with van der Waals surface area (Å²) in [5, 5.41) is 0.478. The maximum Gasteiger partial charge on any atom is 0.105 e. The molecule has 1 rings (SSSR count). The van der Waals surface area contributed by atoms with Crippen LogP contribution >= 0.6 is 0 Å². The van der Waals surface area contributed by atoms with E-state index in [1.54, 1.807) is 0 Å². The van der Waals surface area contributed by atoms with Crippen LogP contribution in [0.5, 0.6) is 0 Å². The van der Waals surface area contributed by atoms with Crippen LogP contribution in [-0.4, -0.2) is 31.4 Å². The van der Waals surface area contributed by atoms with Gasteiger partial charge in [-0.25, -0.2) is 0 Å². The van der Waals surface area contributed by atoms with Crippen molar-refractivity contribution in [2.45, 2.75) is 38.1 Å². The minimum atomic E-state index is 0.239. The zero-order chi connectivity index (χ0) is 14.1. The highest BCUT2D eigenvalue weighted by Crippen LogP contribution is 2.31. The quantitative estimate of drug-likeness (QED) is 0.639. The highest BCUT2D eigenvalue weighted by atomic mass is 14.2. The molecule has 1 aromatic carbocycles. The van der Waals surface area contributed by atoms with Crippen molar-refractivity contribution >= 4 is 31.4 Å². The summed E-state index contributed by atoms with van der Waals surface area (Å²) in [5.41, 5.74) is 2.92. The lowest BCUT2D eigenvalue weighted by Crippen LogP contribution is -2.36. The lowest BCUT2D eigenvalue weighted by atomic mass is 9.43. The minimum Gasteiger partial charge on any atom is -0.0633 e. The van der Waals surface area contributed by atoms with Crippen molar-refractivity contribution in [1.82, 2.24) is 0 Å². The average Bonchev–Trinajstić information content (AvgIpc) is 2.28. The third-order valence-electron chi connectivity index (χ3n) is 5.24. The van der Waals surface area contributed by atoms with Crippen molar-refractivity contribution in [2.24, 2.45) is 11.8 Å². The first-order valence-electron chi connectivity index (χ1n) is 7.21. The molecule has 1 aromatic rings. The van der Waals surface area contributed by atoms with Crippen LogP contribution in [0.2, 0.25) is 0 Å². The zero-order valence-corrected chi connectivity index (χ0v) is 13.5. The van der Waals surface area contributed by atoms with Crippen molar-refractivity contribution in [2.75, 3.05) is 0 Å². The second-order valence-electron chi connectivity index (χ2n) is 7.33. The van der Waals surface area contributed by atoms with Gasteiger partial charge in [-0.05, 0) is 0 Å². The van der Waals surface area contributed by atoms with Gasteiger partial charge in [0.1, 0.15) is 31.4 Å². The molecule has 0 aromatic heterocycles. The molecule has 0 unspecified atom stereocenters. The van der Waals surface area contributed by atoms with Crippen molar-refractivity contribution in [3.05, 3.63) is 35.4 Å². The lowest BCUT2D eigenvalue weighted by molar-refractivity contribution is 0.558. The molecular formula is C14H26B4. The van der Waals surface area contributed by atoms with Crippen molar-refractivity contribution in [3.63, 3.8) is 0 Å². The highest BCUT2D eigenvalue weighted by Gasteiger charge is 2.28. The van der Waals surface area contributed by atoms with Gasteiger partial charge in [-0.1, -0.05) is 85.4 Å². The van der Waals surface area contributed by atoms with E-state index in [9.17, 15) is 0 Å². The first-order chi connectivity index (χ1) is 8.10. The molecule has 0 saturated heterocycles. The van der Waals surface area contributed by atoms with Crippen molar-refractivity contribution < 1.29 is 0 Å². The summed E-state index contributed by atoms with van der Waals surface area (Å²) < 4.78 is 0. The summed E-state index contributed by atoms with van der Waals surface area (Å²) in [5.74, 6) is 1.30. The Bertz CT molecular complexity index is 373. The molecule has 0 aliphatic heterocycles. The van der Waals surface area contributed by atoms with Gasteiger partial charge in [0.15, 0.2) is 0 Å². The van der Waals surface area contributed by atoms with Crippen LogP contribution in [0.25, 0.3) is 0 Å². The van der Waals surface area contributed by atoms with Gasteiger partial charge < -0.3 is 0 Å². The zero-order valence-electron chi connectivity index (χ0n) is 13.5. The van der Waals surface area contributed by atoms with Gasteiger partial charge in [0.2, 0.25) is 0 Å². The maximum atomic E-state index is 2.42. The van der Waals surface area contributed by atoms with Gasteiger partial charge in [0.05, 0.1) is 0 Å². The second kappa shape index (κ2) is 5.23. The third kappa shape index (κ3) is 2.90. The van der Waals surface area contributed by atoms with E-state index in [0.29, 0.717) is 11.8 Å². The Kier molecular flexibility index (Phi) is 4.51. The normalized spacial score (nSPS) is 13.2. The SMILES string of the molecule is BC(B)(c1cccc(C(B)(B)C(C)C)c1)C(C)C. The third-order valence-corrected chi connectivity index (χ3v) is 5.24. The van der Waals surface area contributed by atoms with Gasteiger partial charge in [-0.15, -0.1) is 0 Å². The van der Waals surface area contributed by atoms with E-state index in [2.05, 4.69) is 83.3 Å². The van der Waals surface area contributed by atoms with Crippen LogP contribution in [0.4, 0.5) is 0 Å². The van der Waals surface area contributed by atoms with E-state index >= 15 is 0 Å². The Hall–Kier alpha value is -0.520. The summed E-state index contributed by atoms with van der Waals surface area (Å²) in [6.45, 7) is 9.22. The Labute approximate surface area is 117 Å². The van der Waals surface area contributed by atoms with Gasteiger partial charge in [-0.3, -0.25) is 0 Å².